The predicted octanol–water partition coefficient (Wildman–Crippen LogP) is 5.10. The Labute approximate surface area is 193 Å². The Morgan fingerprint density at radius 3 is 2.68 bits per heavy atom. The molecule has 0 spiro atoms. The molecular weight excluding hydrogens is 410 g/mol. The van der Waals surface area contributed by atoms with Crippen LogP contribution in [0.5, 0.6) is 0 Å². The highest BCUT2D eigenvalue weighted by atomic mass is 35.5. The summed E-state index contributed by atoms with van der Waals surface area (Å²) < 4.78 is 5.94. The second kappa shape index (κ2) is 9.25. The maximum atomic E-state index is 12.9. The number of halogens is 1. The van der Waals surface area contributed by atoms with Gasteiger partial charge in [-0.3, -0.25) is 9.69 Å². The highest BCUT2D eigenvalue weighted by molar-refractivity contribution is 5.85. The van der Waals surface area contributed by atoms with Gasteiger partial charge in [0, 0.05) is 19.0 Å². The molecule has 4 rings (SSSR count). The fraction of sp³-hybridized carbons (Fsp3) is 0.654. The van der Waals surface area contributed by atoms with Crippen molar-refractivity contribution in [1.29, 1.82) is 0 Å². The molecule has 172 valence electrons. The SMILES string of the molecule is CCN(CC1C(=O)O[C@@H]2C[C@@]3(C)CCCC(C)=C3C[C@H]12)C[C@@](C)(O)c1ccccc1.Cl. The van der Waals surface area contributed by atoms with E-state index in [9.17, 15) is 9.90 Å². The van der Waals surface area contributed by atoms with Gasteiger partial charge in [-0.05, 0) is 63.5 Å². The molecule has 4 nitrogen and oxygen atoms in total. The maximum Gasteiger partial charge on any atom is 0.310 e. The zero-order valence-corrected chi connectivity index (χ0v) is 20.2. The fourth-order valence-electron chi connectivity index (χ4n) is 6.23. The second-order valence-electron chi connectivity index (χ2n) is 10.3. The molecule has 0 amide bonds. The van der Waals surface area contributed by atoms with Crippen LogP contribution in [0.2, 0.25) is 0 Å². The first-order valence-electron chi connectivity index (χ1n) is 11.6. The predicted molar refractivity (Wildman–Crippen MR) is 126 cm³/mol. The van der Waals surface area contributed by atoms with Crippen LogP contribution in [0, 0.1) is 17.3 Å². The van der Waals surface area contributed by atoms with Gasteiger partial charge in [-0.15, -0.1) is 12.4 Å². The van der Waals surface area contributed by atoms with E-state index in [2.05, 4.69) is 25.7 Å². The number of ether oxygens (including phenoxy) is 1. The van der Waals surface area contributed by atoms with E-state index in [1.165, 1.54) is 19.3 Å². The van der Waals surface area contributed by atoms with Crippen LogP contribution in [0.25, 0.3) is 0 Å². The van der Waals surface area contributed by atoms with Crippen LogP contribution in [0.15, 0.2) is 41.5 Å². The zero-order chi connectivity index (χ0) is 21.5. The minimum atomic E-state index is -0.952. The molecule has 1 aromatic carbocycles. The number of rotatable bonds is 6. The van der Waals surface area contributed by atoms with Crippen molar-refractivity contribution in [3.05, 3.63) is 47.0 Å². The molecule has 31 heavy (non-hydrogen) atoms. The van der Waals surface area contributed by atoms with Crippen molar-refractivity contribution in [1.82, 2.24) is 4.90 Å². The van der Waals surface area contributed by atoms with Gasteiger partial charge in [0.05, 0.1) is 11.5 Å². The summed E-state index contributed by atoms with van der Waals surface area (Å²) in [6.45, 7) is 10.6. The number of hydrogen-bond acceptors (Lipinski definition) is 4. The van der Waals surface area contributed by atoms with Gasteiger partial charge in [0.1, 0.15) is 6.10 Å². The highest BCUT2D eigenvalue weighted by Gasteiger charge is 2.53. The summed E-state index contributed by atoms with van der Waals surface area (Å²) in [5, 5.41) is 11.1. The summed E-state index contributed by atoms with van der Waals surface area (Å²) >= 11 is 0. The van der Waals surface area contributed by atoms with E-state index in [1.54, 1.807) is 11.1 Å². The van der Waals surface area contributed by atoms with Gasteiger partial charge in [0.15, 0.2) is 0 Å². The smallest absolute Gasteiger partial charge is 0.310 e. The van der Waals surface area contributed by atoms with Crippen LogP contribution in [-0.4, -0.2) is 41.7 Å². The lowest BCUT2D eigenvalue weighted by atomic mass is 9.59. The van der Waals surface area contributed by atoms with Crippen molar-refractivity contribution in [2.75, 3.05) is 19.6 Å². The van der Waals surface area contributed by atoms with E-state index >= 15 is 0 Å². The molecule has 1 N–H and O–H groups in total. The molecule has 5 heteroatoms. The third kappa shape index (κ3) is 4.72. The maximum absolute atomic E-state index is 12.9. The second-order valence-corrected chi connectivity index (χ2v) is 10.3. The number of esters is 1. The van der Waals surface area contributed by atoms with E-state index in [0.717, 1.165) is 24.9 Å². The Hall–Kier alpha value is -1.36. The molecule has 0 radical (unpaired) electrons. The summed E-state index contributed by atoms with van der Waals surface area (Å²) in [5.41, 5.74) is 3.30. The first-order chi connectivity index (χ1) is 14.2. The minimum Gasteiger partial charge on any atom is -0.462 e. The van der Waals surface area contributed by atoms with E-state index in [1.807, 2.05) is 37.3 Å². The topological polar surface area (TPSA) is 49.8 Å². The normalized spacial score (nSPS) is 32.1. The van der Waals surface area contributed by atoms with Crippen LogP contribution >= 0.6 is 12.4 Å². The molecule has 1 saturated heterocycles. The standard InChI is InChI=1S/C26H37NO3.ClH/c1-5-27(17-26(4,29)19-11-7-6-8-12-19)16-21-20-14-22-18(2)10-9-13-25(22,3)15-23(20)30-24(21)28;/h6-8,11-12,20-21,23,29H,5,9-10,13-17H2,1-4H3;1H/t20-,21?,23-,25-,26-;/m1./s1. The van der Waals surface area contributed by atoms with Gasteiger partial charge in [0.25, 0.3) is 0 Å². The highest BCUT2D eigenvalue weighted by Crippen LogP contribution is 2.55. The number of fused-ring (bicyclic) bond motifs is 2. The summed E-state index contributed by atoms with van der Waals surface area (Å²) in [5.74, 6) is 0.126. The molecule has 3 aliphatic rings. The number of aliphatic hydroxyl groups is 1. The largest absolute Gasteiger partial charge is 0.462 e. The Balaban J connectivity index is 0.00000272. The number of carbonyl (C=O) groups is 1. The molecule has 1 aliphatic heterocycles. The van der Waals surface area contributed by atoms with Gasteiger partial charge in [0.2, 0.25) is 0 Å². The number of carbonyl (C=O) groups excluding carboxylic acids is 1. The Kier molecular flexibility index (Phi) is 7.25. The molecule has 0 bridgehead atoms. The van der Waals surface area contributed by atoms with Crippen molar-refractivity contribution in [2.45, 2.75) is 71.5 Å². The quantitative estimate of drug-likeness (QED) is 0.487. The van der Waals surface area contributed by atoms with Crippen molar-refractivity contribution in [3.63, 3.8) is 0 Å². The lowest BCUT2D eigenvalue weighted by molar-refractivity contribution is -0.145. The Morgan fingerprint density at radius 2 is 2.00 bits per heavy atom. The number of likely N-dealkylation sites (N-methyl/N-ethyl adjacent to an activating group) is 1. The molecule has 1 unspecified atom stereocenters. The lowest BCUT2D eigenvalue weighted by Gasteiger charge is -2.46. The van der Waals surface area contributed by atoms with Gasteiger partial charge in [-0.25, -0.2) is 0 Å². The van der Waals surface area contributed by atoms with Crippen molar-refractivity contribution in [3.8, 4) is 0 Å². The third-order valence-corrected chi connectivity index (χ3v) is 8.01. The van der Waals surface area contributed by atoms with E-state index in [-0.39, 0.29) is 41.7 Å². The molecule has 5 atom stereocenters. The first-order valence-corrected chi connectivity index (χ1v) is 11.6. The lowest BCUT2D eigenvalue weighted by Crippen LogP contribution is -2.44. The monoisotopic (exact) mass is 447 g/mol. The third-order valence-electron chi connectivity index (χ3n) is 8.01. The average Bonchev–Trinajstić information content (AvgIpc) is 3.00. The van der Waals surface area contributed by atoms with Gasteiger partial charge in [-0.2, -0.15) is 0 Å². The van der Waals surface area contributed by atoms with E-state index < -0.39 is 5.60 Å². The molecule has 1 heterocycles. The number of hydrogen-bond donors (Lipinski definition) is 1. The zero-order valence-electron chi connectivity index (χ0n) is 19.4. The van der Waals surface area contributed by atoms with Crippen LogP contribution in [0.4, 0.5) is 0 Å². The number of nitrogens with zero attached hydrogens (tertiary/aromatic N) is 1. The van der Waals surface area contributed by atoms with Gasteiger partial charge < -0.3 is 9.84 Å². The molecule has 0 aromatic heterocycles. The summed E-state index contributed by atoms with van der Waals surface area (Å²) in [6, 6.07) is 9.81. The molecular formula is C26H38ClNO3. The van der Waals surface area contributed by atoms with E-state index in [4.69, 9.17) is 4.74 Å². The number of benzene rings is 1. The van der Waals surface area contributed by atoms with Crippen molar-refractivity contribution < 1.29 is 14.6 Å². The van der Waals surface area contributed by atoms with E-state index in [0.29, 0.717) is 13.1 Å². The van der Waals surface area contributed by atoms with Crippen LogP contribution in [0.1, 0.15) is 65.4 Å². The van der Waals surface area contributed by atoms with Crippen molar-refractivity contribution in [2.24, 2.45) is 17.3 Å². The Bertz CT molecular complexity index is 821. The first kappa shape index (κ1) is 24.3. The van der Waals surface area contributed by atoms with Crippen LogP contribution in [0.3, 0.4) is 0 Å². The summed E-state index contributed by atoms with van der Waals surface area (Å²) in [7, 11) is 0. The number of allylic oxidation sites excluding steroid dienone is 2. The van der Waals surface area contributed by atoms with Gasteiger partial charge in [-0.1, -0.05) is 55.3 Å². The minimum absolute atomic E-state index is 0. The van der Waals surface area contributed by atoms with Crippen LogP contribution in [-0.2, 0) is 15.1 Å². The van der Waals surface area contributed by atoms with Crippen LogP contribution < -0.4 is 0 Å². The van der Waals surface area contributed by atoms with Gasteiger partial charge >= 0.3 is 5.97 Å². The molecule has 2 aliphatic carbocycles. The van der Waals surface area contributed by atoms with Crippen molar-refractivity contribution >= 4 is 18.4 Å². The molecule has 2 fully saturated rings. The Morgan fingerprint density at radius 1 is 1.29 bits per heavy atom. The summed E-state index contributed by atoms with van der Waals surface area (Å²) in [6.07, 6.45) is 5.68. The average molecular weight is 448 g/mol. The fourth-order valence-corrected chi connectivity index (χ4v) is 6.23. The molecule has 1 aromatic rings. The molecule has 1 saturated carbocycles. The summed E-state index contributed by atoms with van der Waals surface area (Å²) in [4.78, 5) is 15.1.